The van der Waals surface area contributed by atoms with Crippen LogP contribution in [-0.4, -0.2) is 17.1 Å². The Morgan fingerprint density at radius 3 is 2.41 bits per heavy atom. The quantitative estimate of drug-likeness (QED) is 0.499. The molecule has 0 spiro atoms. The molecule has 0 saturated carbocycles. The van der Waals surface area contributed by atoms with Crippen LogP contribution in [0.2, 0.25) is 0 Å². The maximum atomic E-state index is 5.28. The van der Waals surface area contributed by atoms with E-state index in [1.165, 1.54) is 5.56 Å². The fraction of sp³-hybridized carbons (Fsp3) is 0.0909. The standard InChI is InChI=1S/C22H20N4O/c1-15-10-12-16(13-11-15)23-21-19-8-3-4-9-20(19)25-22(26-21)24-17-6-5-7-18(14-17)27-2/h3-14H,1-2H3,(H2,23,24,25,26). The van der Waals surface area contributed by atoms with Crippen LogP contribution in [0.5, 0.6) is 5.75 Å². The molecule has 27 heavy (non-hydrogen) atoms. The lowest BCUT2D eigenvalue weighted by atomic mass is 10.2. The van der Waals surface area contributed by atoms with E-state index in [-0.39, 0.29) is 0 Å². The molecule has 0 amide bonds. The first kappa shape index (κ1) is 16.8. The SMILES string of the molecule is COc1cccc(Nc2nc(Nc3ccc(C)cc3)c3ccccc3n2)c1. The number of nitrogens with one attached hydrogen (secondary N) is 2. The van der Waals surface area contributed by atoms with Gasteiger partial charge in [-0.15, -0.1) is 0 Å². The molecule has 0 atom stereocenters. The molecule has 1 aromatic heterocycles. The maximum Gasteiger partial charge on any atom is 0.229 e. The number of aryl methyl sites for hydroxylation is 1. The summed E-state index contributed by atoms with van der Waals surface area (Å²) in [6, 6.07) is 23.9. The number of nitrogens with zero attached hydrogens (tertiary/aromatic N) is 2. The van der Waals surface area contributed by atoms with Crippen molar-refractivity contribution < 1.29 is 4.74 Å². The molecule has 0 aliphatic rings. The summed E-state index contributed by atoms with van der Waals surface area (Å²) < 4.78 is 5.28. The molecule has 134 valence electrons. The van der Waals surface area contributed by atoms with Crippen molar-refractivity contribution in [3.8, 4) is 5.75 Å². The smallest absolute Gasteiger partial charge is 0.229 e. The lowest BCUT2D eigenvalue weighted by Crippen LogP contribution is -2.02. The molecule has 4 rings (SSSR count). The van der Waals surface area contributed by atoms with Gasteiger partial charge in [-0.1, -0.05) is 35.9 Å². The number of hydrogen-bond donors (Lipinski definition) is 2. The second-order valence-corrected chi connectivity index (χ2v) is 6.26. The van der Waals surface area contributed by atoms with Crippen molar-refractivity contribution in [1.82, 2.24) is 9.97 Å². The highest BCUT2D eigenvalue weighted by atomic mass is 16.5. The van der Waals surface area contributed by atoms with E-state index in [4.69, 9.17) is 9.72 Å². The van der Waals surface area contributed by atoms with Crippen molar-refractivity contribution >= 4 is 34.0 Å². The van der Waals surface area contributed by atoms with Gasteiger partial charge < -0.3 is 15.4 Å². The van der Waals surface area contributed by atoms with E-state index >= 15 is 0 Å². The van der Waals surface area contributed by atoms with Crippen LogP contribution in [0.25, 0.3) is 10.9 Å². The summed E-state index contributed by atoms with van der Waals surface area (Å²) >= 11 is 0. The Hall–Kier alpha value is -3.60. The van der Waals surface area contributed by atoms with E-state index in [1.54, 1.807) is 7.11 Å². The number of fused-ring (bicyclic) bond motifs is 1. The zero-order valence-electron chi connectivity index (χ0n) is 15.2. The third-order valence-corrected chi connectivity index (χ3v) is 4.24. The molecule has 4 aromatic rings. The molecule has 5 nitrogen and oxygen atoms in total. The van der Waals surface area contributed by atoms with Crippen LogP contribution in [0.15, 0.2) is 72.8 Å². The van der Waals surface area contributed by atoms with Crippen molar-refractivity contribution in [2.75, 3.05) is 17.7 Å². The first-order valence-electron chi connectivity index (χ1n) is 8.73. The average molecular weight is 356 g/mol. The monoisotopic (exact) mass is 356 g/mol. The number of methoxy groups -OCH3 is 1. The summed E-state index contributed by atoms with van der Waals surface area (Å²) in [5, 5.41) is 7.64. The van der Waals surface area contributed by atoms with Crippen LogP contribution in [-0.2, 0) is 0 Å². The molecule has 0 saturated heterocycles. The molecule has 0 aliphatic carbocycles. The predicted molar refractivity (Wildman–Crippen MR) is 110 cm³/mol. The molecule has 1 heterocycles. The summed E-state index contributed by atoms with van der Waals surface area (Å²) in [7, 11) is 1.65. The molecule has 0 fully saturated rings. The summed E-state index contributed by atoms with van der Waals surface area (Å²) in [5.41, 5.74) is 3.93. The van der Waals surface area contributed by atoms with Gasteiger partial charge in [0, 0.05) is 22.8 Å². The van der Waals surface area contributed by atoms with Crippen molar-refractivity contribution in [3.05, 3.63) is 78.4 Å². The highest BCUT2D eigenvalue weighted by molar-refractivity contribution is 5.92. The molecule has 0 radical (unpaired) electrons. The molecule has 0 unspecified atom stereocenters. The maximum absolute atomic E-state index is 5.28. The van der Waals surface area contributed by atoms with E-state index < -0.39 is 0 Å². The molecule has 0 bridgehead atoms. The number of hydrogen-bond acceptors (Lipinski definition) is 5. The second-order valence-electron chi connectivity index (χ2n) is 6.26. The second kappa shape index (κ2) is 7.33. The number of anilines is 4. The Morgan fingerprint density at radius 1 is 0.778 bits per heavy atom. The van der Waals surface area contributed by atoms with Crippen LogP contribution in [0.4, 0.5) is 23.1 Å². The van der Waals surface area contributed by atoms with Gasteiger partial charge in [0.05, 0.1) is 12.6 Å². The van der Waals surface area contributed by atoms with Crippen molar-refractivity contribution in [2.24, 2.45) is 0 Å². The van der Waals surface area contributed by atoms with Gasteiger partial charge in [-0.05, 0) is 43.3 Å². The van der Waals surface area contributed by atoms with Gasteiger partial charge in [-0.3, -0.25) is 0 Å². The minimum Gasteiger partial charge on any atom is -0.497 e. The van der Waals surface area contributed by atoms with Crippen molar-refractivity contribution in [2.45, 2.75) is 6.92 Å². The molecule has 3 aromatic carbocycles. The van der Waals surface area contributed by atoms with Crippen LogP contribution < -0.4 is 15.4 Å². The Kier molecular flexibility index (Phi) is 4.58. The van der Waals surface area contributed by atoms with Gasteiger partial charge >= 0.3 is 0 Å². The van der Waals surface area contributed by atoms with E-state index in [0.717, 1.165) is 33.8 Å². The molecular formula is C22H20N4O. The number of aromatic nitrogens is 2. The lowest BCUT2D eigenvalue weighted by molar-refractivity contribution is 0.415. The van der Waals surface area contributed by atoms with Crippen LogP contribution in [0, 0.1) is 6.92 Å². The minimum atomic E-state index is 0.525. The van der Waals surface area contributed by atoms with Gasteiger partial charge in [0.25, 0.3) is 0 Å². The van der Waals surface area contributed by atoms with Gasteiger partial charge in [0.1, 0.15) is 11.6 Å². The Labute approximate surface area is 158 Å². The number of ether oxygens (including phenoxy) is 1. The number of benzene rings is 3. The molecule has 2 N–H and O–H groups in total. The van der Waals surface area contributed by atoms with Crippen LogP contribution in [0.1, 0.15) is 5.56 Å². The van der Waals surface area contributed by atoms with E-state index in [1.807, 2.05) is 60.7 Å². The predicted octanol–water partition coefficient (Wildman–Crippen LogP) is 5.43. The first-order valence-corrected chi connectivity index (χ1v) is 8.73. The van der Waals surface area contributed by atoms with E-state index in [0.29, 0.717) is 5.95 Å². The number of para-hydroxylation sites is 1. The van der Waals surface area contributed by atoms with Crippen molar-refractivity contribution in [1.29, 1.82) is 0 Å². The topological polar surface area (TPSA) is 59.1 Å². The summed E-state index contributed by atoms with van der Waals surface area (Å²) in [5.74, 6) is 2.06. The molecule has 0 aliphatic heterocycles. The first-order chi connectivity index (χ1) is 13.2. The number of rotatable bonds is 5. The normalized spacial score (nSPS) is 10.6. The van der Waals surface area contributed by atoms with E-state index in [2.05, 4.69) is 34.7 Å². The Morgan fingerprint density at radius 2 is 1.59 bits per heavy atom. The van der Waals surface area contributed by atoms with Gasteiger partial charge in [-0.25, -0.2) is 4.98 Å². The fourth-order valence-corrected chi connectivity index (χ4v) is 2.83. The van der Waals surface area contributed by atoms with Crippen LogP contribution in [0.3, 0.4) is 0 Å². The fourth-order valence-electron chi connectivity index (χ4n) is 2.83. The van der Waals surface area contributed by atoms with E-state index in [9.17, 15) is 0 Å². The van der Waals surface area contributed by atoms with Gasteiger partial charge in [-0.2, -0.15) is 4.98 Å². The van der Waals surface area contributed by atoms with Gasteiger partial charge in [0.15, 0.2) is 0 Å². The third-order valence-electron chi connectivity index (χ3n) is 4.24. The largest absolute Gasteiger partial charge is 0.497 e. The van der Waals surface area contributed by atoms with Crippen LogP contribution >= 0.6 is 0 Å². The third kappa shape index (κ3) is 3.82. The molecular weight excluding hydrogens is 336 g/mol. The van der Waals surface area contributed by atoms with Gasteiger partial charge in [0.2, 0.25) is 5.95 Å². The molecule has 5 heteroatoms. The average Bonchev–Trinajstić information content (AvgIpc) is 2.70. The lowest BCUT2D eigenvalue weighted by Gasteiger charge is -2.12. The minimum absolute atomic E-state index is 0.525. The zero-order chi connectivity index (χ0) is 18.6. The Bertz CT molecular complexity index is 1080. The van der Waals surface area contributed by atoms with Crippen molar-refractivity contribution in [3.63, 3.8) is 0 Å². The highest BCUT2D eigenvalue weighted by Gasteiger charge is 2.09. The summed E-state index contributed by atoms with van der Waals surface area (Å²) in [6.45, 7) is 2.07. The zero-order valence-corrected chi connectivity index (χ0v) is 15.2. The highest BCUT2D eigenvalue weighted by Crippen LogP contribution is 2.27. The Balaban J connectivity index is 1.72. The summed E-state index contributed by atoms with van der Waals surface area (Å²) in [4.78, 5) is 9.33. The summed E-state index contributed by atoms with van der Waals surface area (Å²) in [6.07, 6.45) is 0.